The molecule has 144 valence electrons. The molecule has 0 atom stereocenters. The van der Waals surface area contributed by atoms with Crippen molar-refractivity contribution in [3.05, 3.63) is 52.9 Å². The molecule has 2 N–H and O–H groups in total. The average molecular weight is 439 g/mol. The van der Waals surface area contributed by atoms with E-state index in [0.717, 1.165) is 4.47 Å². The SMILES string of the molecule is CN(CC(=O)NCCOc1ccc(F)cc1)CC(=O)Nc1ccc(Br)cn1. The van der Waals surface area contributed by atoms with Gasteiger partial charge in [-0.3, -0.25) is 14.5 Å². The van der Waals surface area contributed by atoms with Gasteiger partial charge in [0, 0.05) is 10.7 Å². The van der Waals surface area contributed by atoms with Crippen LogP contribution >= 0.6 is 15.9 Å². The fraction of sp³-hybridized carbons (Fsp3) is 0.278. The first-order valence-electron chi connectivity index (χ1n) is 8.17. The van der Waals surface area contributed by atoms with Crippen LogP contribution in [0, 0.1) is 5.82 Å². The Morgan fingerprint density at radius 2 is 1.85 bits per heavy atom. The monoisotopic (exact) mass is 438 g/mol. The minimum Gasteiger partial charge on any atom is -0.492 e. The number of carbonyl (C=O) groups excluding carboxylic acids is 2. The highest BCUT2D eigenvalue weighted by Crippen LogP contribution is 2.11. The predicted molar refractivity (Wildman–Crippen MR) is 103 cm³/mol. The minimum absolute atomic E-state index is 0.0528. The molecular weight excluding hydrogens is 419 g/mol. The quantitative estimate of drug-likeness (QED) is 0.585. The Balaban J connectivity index is 1.62. The number of hydrogen-bond acceptors (Lipinski definition) is 5. The van der Waals surface area contributed by atoms with Crippen LogP contribution in [-0.4, -0.2) is 55.0 Å². The number of rotatable bonds is 9. The van der Waals surface area contributed by atoms with E-state index in [9.17, 15) is 14.0 Å². The third-order valence-electron chi connectivity index (χ3n) is 3.33. The first kappa shape index (κ1) is 20.8. The van der Waals surface area contributed by atoms with Crippen molar-refractivity contribution in [2.24, 2.45) is 0 Å². The van der Waals surface area contributed by atoms with Crippen molar-refractivity contribution >= 4 is 33.6 Å². The topological polar surface area (TPSA) is 83.6 Å². The lowest BCUT2D eigenvalue weighted by atomic mass is 10.3. The van der Waals surface area contributed by atoms with Crippen LogP contribution in [0.25, 0.3) is 0 Å². The molecule has 1 aromatic carbocycles. The number of likely N-dealkylation sites (N-methyl/N-ethyl adjacent to an activating group) is 1. The van der Waals surface area contributed by atoms with Crippen molar-refractivity contribution in [1.82, 2.24) is 15.2 Å². The molecule has 0 bridgehead atoms. The summed E-state index contributed by atoms with van der Waals surface area (Å²) in [6.45, 7) is 0.685. The fourth-order valence-electron chi connectivity index (χ4n) is 2.12. The van der Waals surface area contributed by atoms with Gasteiger partial charge in [0.15, 0.2) is 0 Å². The standard InChI is InChI=1S/C18H20BrFN4O3/c1-24(12-18(26)23-16-7-2-13(19)10-22-16)11-17(25)21-8-9-27-15-5-3-14(20)4-6-15/h2-7,10H,8-9,11-12H2,1H3,(H,21,25)(H,22,23,26). The molecule has 0 saturated heterocycles. The zero-order valence-corrected chi connectivity index (χ0v) is 16.3. The zero-order chi connectivity index (χ0) is 19.6. The number of hydrogen-bond donors (Lipinski definition) is 2. The number of carbonyl (C=O) groups is 2. The van der Waals surface area contributed by atoms with E-state index in [1.54, 1.807) is 30.3 Å². The van der Waals surface area contributed by atoms with E-state index < -0.39 is 0 Å². The first-order chi connectivity index (χ1) is 12.9. The second-order valence-corrected chi connectivity index (χ2v) is 6.65. The number of benzene rings is 1. The van der Waals surface area contributed by atoms with Gasteiger partial charge in [-0.2, -0.15) is 0 Å². The van der Waals surface area contributed by atoms with Gasteiger partial charge in [0.05, 0.1) is 19.6 Å². The zero-order valence-electron chi connectivity index (χ0n) is 14.7. The Bertz CT molecular complexity index is 756. The Labute approximate surface area is 165 Å². The van der Waals surface area contributed by atoms with Crippen LogP contribution in [-0.2, 0) is 9.59 Å². The smallest absolute Gasteiger partial charge is 0.239 e. The van der Waals surface area contributed by atoms with Gasteiger partial charge in [-0.1, -0.05) is 0 Å². The molecule has 0 saturated carbocycles. The van der Waals surface area contributed by atoms with Crippen LogP contribution in [0.3, 0.4) is 0 Å². The van der Waals surface area contributed by atoms with E-state index in [4.69, 9.17) is 4.74 Å². The fourth-order valence-corrected chi connectivity index (χ4v) is 2.36. The Hall–Kier alpha value is -2.52. The predicted octanol–water partition coefficient (Wildman–Crippen LogP) is 2.05. The van der Waals surface area contributed by atoms with Gasteiger partial charge in [-0.05, 0) is 59.4 Å². The summed E-state index contributed by atoms with van der Waals surface area (Å²) < 4.78 is 19.0. The number of amides is 2. The largest absolute Gasteiger partial charge is 0.492 e. The summed E-state index contributed by atoms with van der Waals surface area (Å²) in [4.78, 5) is 29.5. The lowest BCUT2D eigenvalue weighted by Crippen LogP contribution is -2.40. The molecule has 2 rings (SSSR count). The number of anilines is 1. The van der Waals surface area contributed by atoms with E-state index in [1.807, 2.05) is 0 Å². The number of pyridine rings is 1. The maximum Gasteiger partial charge on any atom is 0.239 e. The van der Waals surface area contributed by atoms with Gasteiger partial charge in [0.2, 0.25) is 11.8 Å². The maximum absolute atomic E-state index is 12.8. The van der Waals surface area contributed by atoms with E-state index >= 15 is 0 Å². The normalized spacial score (nSPS) is 10.5. The molecule has 0 radical (unpaired) electrons. The summed E-state index contributed by atoms with van der Waals surface area (Å²) in [6, 6.07) is 9.09. The van der Waals surface area contributed by atoms with Crippen molar-refractivity contribution < 1.29 is 18.7 Å². The molecular formula is C18H20BrFN4O3. The van der Waals surface area contributed by atoms with Crippen LogP contribution in [0.5, 0.6) is 5.75 Å². The Morgan fingerprint density at radius 3 is 2.52 bits per heavy atom. The molecule has 2 aromatic rings. The summed E-state index contributed by atoms with van der Waals surface area (Å²) in [5, 5.41) is 5.35. The summed E-state index contributed by atoms with van der Waals surface area (Å²) in [7, 11) is 1.67. The van der Waals surface area contributed by atoms with Gasteiger partial charge in [-0.25, -0.2) is 9.37 Å². The van der Waals surface area contributed by atoms with Gasteiger partial charge >= 0.3 is 0 Å². The summed E-state index contributed by atoms with van der Waals surface area (Å²) in [5.74, 6) is 0.146. The van der Waals surface area contributed by atoms with Gasteiger partial charge < -0.3 is 15.4 Å². The number of ether oxygens (including phenoxy) is 1. The van der Waals surface area contributed by atoms with Gasteiger partial charge in [-0.15, -0.1) is 0 Å². The van der Waals surface area contributed by atoms with Gasteiger partial charge in [0.1, 0.15) is 24.0 Å². The molecule has 0 fully saturated rings. The number of aromatic nitrogens is 1. The lowest BCUT2D eigenvalue weighted by molar-refractivity contribution is -0.123. The summed E-state index contributed by atoms with van der Waals surface area (Å²) in [6.07, 6.45) is 1.58. The molecule has 0 aliphatic carbocycles. The third-order valence-corrected chi connectivity index (χ3v) is 3.80. The van der Waals surface area contributed by atoms with Crippen LogP contribution < -0.4 is 15.4 Å². The van der Waals surface area contributed by atoms with Crippen LogP contribution in [0.15, 0.2) is 47.1 Å². The summed E-state index contributed by atoms with van der Waals surface area (Å²) in [5.41, 5.74) is 0. The Kier molecular flexibility index (Phi) is 8.15. The van der Waals surface area contributed by atoms with Crippen LogP contribution in [0.1, 0.15) is 0 Å². The van der Waals surface area contributed by atoms with Crippen LogP contribution in [0.2, 0.25) is 0 Å². The second kappa shape index (κ2) is 10.6. The van der Waals surface area contributed by atoms with E-state index in [1.165, 1.54) is 24.3 Å². The highest BCUT2D eigenvalue weighted by atomic mass is 79.9. The van der Waals surface area contributed by atoms with E-state index in [2.05, 4.69) is 31.5 Å². The molecule has 9 heteroatoms. The van der Waals surface area contributed by atoms with Crippen molar-refractivity contribution in [2.45, 2.75) is 0 Å². The molecule has 2 amide bonds. The average Bonchev–Trinajstić information content (AvgIpc) is 2.62. The first-order valence-corrected chi connectivity index (χ1v) is 8.96. The molecule has 0 aliphatic heterocycles. The number of halogens is 2. The molecule has 0 unspecified atom stereocenters. The highest BCUT2D eigenvalue weighted by molar-refractivity contribution is 9.10. The van der Waals surface area contributed by atoms with Crippen molar-refractivity contribution in [2.75, 3.05) is 38.6 Å². The lowest BCUT2D eigenvalue weighted by Gasteiger charge is -2.16. The molecule has 27 heavy (non-hydrogen) atoms. The molecule has 1 heterocycles. The van der Waals surface area contributed by atoms with E-state index in [-0.39, 0.29) is 37.3 Å². The van der Waals surface area contributed by atoms with Crippen molar-refractivity contribution in [3.8, 4) is 5.75 Å². The molecule has 0 aliphatic rings. The third kappa shape index (κ3) is 8.14. The van der Waals surface area contributed by atoms with Crippen LogP contribution in [0.4, 0.5) is 10.2 Å². The molecule has 7 nitrogen and oxygen atoms in total. The second-order valence-electron chi connectivity index (χ2n) is 5.73. The number of nitrogens with zero attached hydrogens (tertiary/aromatic N) is 2. The molecule has 0 spiro atoms. The number of nitrogens with one attached hydrogen (secondary N) is 2. The van der Waals surface area contributed by atoms with Gasteiger partial charge in [0.25, 0.3) is 0 Å². The minimum atomic E-state index is -0.335. The van der Waals surface area contributed by atoms with Crippen molar-refractivity contribution in [3.63, 3.8) is 0 Å². The highest BCUT2D eigenvalue weighted by Gasteiger charge is 2.11. The van der Waals surface area contributed by atoms with Crippen molar-refractivity contribution in [1.29, 1.82) is 0 Å². The Morgan fingerprint density at radius 1 is 1.15 bits per heavy atom. The molecule has 1 aromatic heterocycles. The summed E-state index contributed by atoms with van der Waals surface area (Å²) >= 11 is 3.27. The van der Waals surface area contributed by atoms with E-state index in [0.29, 0.717) is 18.1 Å². The maximum atomic E-state index is 12.8.